The van der Waals surface area contributed by atoms with Gasteiger partial charge in [0, 0.05) is 16.3 Å². The van der Waals surface area contributed by atoms with Crippen molar-refractivity contribution >= 4 is 23.4 Å². The van der Waals surface area contributed by atoms with Crippen molar-refractivity contribution in [1.29, 1.82) is 0 Å². The summed E-state index contributed by atoms with van der Waals surface area (Å²) in [5, 5.41) is 5.09. The van der Waals surface area contributed by atoms with Crippen LogP contribution in [0.2, 0.25) is 5.02 Å². The van der Waals surface area contributed by atoms with Gasteiger partial charge in [-0.2, -0.15) is 5.10 Å². The lowest BCUT2D eigenvalue weighted by molar-refractivity contribution is 0.0846. The van der Waals surface area contributed by atoms with Crippen LogP contribution in [0.25, 0.3) is 0 Å². The Labute approximate surface area is 180 Å². The van der Waals surface area contributed by atoms with E-state index < -0.39 is 11.8 Å². The number of ether oxygens (including phenoxy) is 1. The molecular weight excluding hydrogens is 404 g/mol. The first-order valence-electron chi connectivity index (χ1n) is 9.51. The summed E-state index contributed by atoms with van der Waals surface area (Å²) in [4.78, 5) is 25.0. The van der Waals surface area contributed by atoms with Crippen LogP contribution in [0.1, 0.15) is 44.6 Å². The number of nitrogens with zero attached hydrogens (tertiary/aromatic N) is 2. The Bertz CT molecular complexity index is 1060. The minimum absolute atomic E-state index is 0.404. The fourth-order valence-electron chi connectivity index (χ4n) is 3.08. The zero-order valence-corrected chi connectivity index (χ0v) is 17.8. The summed E-state index contributed by atoms with van der Waals surface area (Å²) < 4.78 is 7.08. The molecule has 0 bridgehead atoms. The number of halogens is 1. The molecule has 0 spiro atoms. The number of hydrazine groups is 1. The molecule has 2 aromatic carbocycles. The molecule has 1 heterocycles. The Morgan fingerprint density at radius 3 is 2.37 bits per heavy atom. The maximum Gasteiger partial charge on any atom is 0.273 e. The van der Waals surface area contributed by atoms with Crippen molar-refractivity contribution in [2.45, 2.75) is 27.3 Å². The van der Waals surface area contributed by atoms with Gasteiger partial charge in [0.1, 0.15) is 5.75 Å². The zero-order valence-electron chi connectivity index (χ0n) is 17.0. The summed E-state index contributed by atoms with van der Waals surface area (Å²) in [6.45, 7) is 6.43. The van der Waals surface area contributed by atoms with Crippen molar-refractivity contribution in [3.05, 3.63) is 81.6 Å². The van der Waals surface area contributed by atoms with E-state index in [2.05, 4.69) is 16.0 Å². The number of carbonyl (C=O) groups excluding carboxylic acids is 2. The molecule has 0 atom stereocenters. The van der Waals surface area contributed by atoms with Crippen LogP contribution in [0, 0.1) is 13.8 Å². The van der Waals surface area contributed by atoms with Crippen molar-refractivity contribution in [3.63, 3.8) is 0 Å². The average molecular weight is 427 g/mol. The molecule has 1 aromatic heterocycles. The van der Waals surface area contributed by atoms with Crippen LogP contribution in [0.15, 0.2) is 48.5 Å². The van der Waals surface area contributed by atoms with Gasteiger partial charge in [0.15, 0.2) is 0 Å². The normalized spacial score (nSPS) is 10.5. The third kappa shape index (κ3) is 4.80. The smallest absolute Gasteiger partial charge is 0.273 e. The second-order valence-corrected chi connectivity index (χ2v) is 7.07. The third-order valence-corrected chi connectivity index (χ3v) is 4.97. The Hall–Kier alpha value is -3.32. The number of benzene rings is 2. The number of rotatable bonds is 6. The minimum atomic E-state index is -0.435. The van der Waals surface area contributed by atoms with Crippen molar-refractivity contribution < 1.29 is 14.3 Å². The Kier molecular flexibility index (Phi) is 6.74. The van der Waals surface area contributed by atoms with Gasteiger partial charge in [-0.25, -0.2) is 0 Å². The monoisotopic (exact) mass is 426 g/mol. The third-order valence-electron chi connectivity index (χ3n) is 4.60. The van der Waals surface area contributed by atoms with E-state index in [4.69, 9.17) is 16.3 Å². The number of aromatic nitrogens is 2. The molecule has 0 aliphatic heterocycles. The largest absolute Gasteiger partial charge is 0.494 e. The molecule has 8 heteroatoms. The Balaban J connectivity index is 1.67. The highest BCUT2D eigenvalue weighted by Crippen LogP contribution is 2.19. The van der Waals surface area contributed by atoms with E-state index in [0.29, 0.717) is 46.4 Å². The van der Waals surface area contributed by atoms with E-state index >= 15 is 0 Å². The first-order valence-corrected chi connectivity index (χ1v) is 9.89. The second-order valence-electron chi connectivity index (χ2n) is 6.66. The number of nitrogens with one attached hydrogen (secondary N) is 2. The van der Waals surface area contributed by atoms with Crippen molar-refractivity contribution in [1.82, 2.24) is 20.6 Å². The molecular formula is C22H23ClN4O3. The summed E-state index contributed by atoms with van der Waals surface area (Å²) >= 11 is 6.23. The fraction of sp³-hybridized carbons (Fsp3) is 0.227. The molecule has 30 heavy (non-hydrogen) atoms. The molecule has 0 aliphatic rings. The average Bonchev–Trinajstić information content (AvgIpc) is 3.01. The second kappa shape index (κ2) is 9.45. The van der Waals surface area contributed by atoms with E-state index in [1.165, 1.54) is 0 Å². The predicted octanol–water partition coefficient (Wildman–Crippen LogP) is 3.68. The van der Waals surface area contributed by atoms with E-state index in [-0.39, 0.29) is 0 Å². The first-order chi connectivity index (χ1) is 14.4. The summed E-state index contributed by atoms with van der Waals surface area (Å²) in [5.74, 6) is -0.185. The maximum absolute atomic E-state index is 12.7. The standard InChI is InChI=1S/C22H23ClN4O3/c1-4-30-18-11-9-16(10-12-18)21(28)24-25-22(29)20-14(2)26-27(15(20)3)13-17-7-5-6-8-19(17)23/h5-12H,4,13H2,1-3H3,(H,24,28)(H,25,29). The minimum Gasteiger partial charge on any atom is -0.494 e. The summed E-state index contributed by atoms with van der Waals surface area (Å²) in [6.07, 6.45) is 0. The first kappa shape index (κ1) is 21.4. The quantitative estimate of drug-likeness (QED) is 0.589. The highest BCUT2D eigenvalue weighted by molar-refractivity contribution is 6.31. The number of carbonyl (C=O) groups is 2. The van der Waals surface area contributed by atoms with Crippen LogP contribution >= 0.6 is 11.6 Å². The number of hydrogen-bond acceptors (Lipinski definition) is 4. The van der Waals surface area contributed by atoms with E-state index in [1.54, 1.807) is 42.8 Å². The lowest BCUT2D eigenvalue weighted by atomic mass is 10.2. The van der Waals surface area contributed by atoms with Crippen LogP contribution in [0.4, 0.5) is 0 Å². The van der Waals surface area contributed by atoms with Gasteiger partial charge in [-0.1, -0.05) is 29.8 Å². The molecule has 156 valence electrons. The van der Waals surface area contributed by atoms with Crippen LogP contribution in [-0.4, -0.2) is 28.2 Å². The van der Waals surface area contributed by atoms with Crippen LogP contribution in [0.5, 0.6) is 5.75 Å². The van der Waals surface area contributed by atoms with Crippen molar-refractivity contribution in [2.24, 2.45) is 0 Å². The highest BCUT2D eigenvalue weighted by Gasteiger charge is 2.20. The zero-order chi connectivity index (χ0) is 21.7. The van der Waals surface area contributed by atoms with Gasteiger partial charge in [0.2, 0.25) is 0 Å². The molecule has 0 saturated heterocycles. The van der Waals surface area contributed by atoms with Gasteiger partial charge in [-0.05, 0) is 56.7 Å². The summed E-state index contributed by atoms with van der Waals surface area (Å²) in [6, 6.07) is 14.1. The molecule has 3 rings (SSSR count). The number of aryl methyl sites for hydroxylation is 1. The van der Waals surface area contributed by atoms with Gasteiger partial charge in [-0.3, -0.25) is 25.1 Å². The van der Waals surface area contributed by atoms with Crippen molar-refractivity contribution in [2.75, 3.05) is 6.61 Å². The summed E-state index contributed by atoms with van der Waals surface area (Å²) in [5.41, 5.74) is 7.85. The van der Waals surface area contributed by atoms with E-state index in [9.17, 15) is 9.59 Å². The van der Waals surface area contributed by atoms with Crippen LogP contribution in [0.3, 0.4) is 0 Å². The Morgan fingerprint density at radius 1 is 1.03 bits per heavy atom. The van der Waals surface area contributed by atoms with Gasteiger partial charge in [0.25, 0.3) is 11.8 Å². The molecule has 0 radical (unpaired) electrons. The predicted molar refractivity (Wildman–Crippen MR) is 115 cm³/mol. The maximum atomic E-state index is 12.7. The molecule has 0 fully saturated rings. The lowest BCUT2D eigenvalue weighted by Gasteiger charge is -2.09. The topological polar surface area (TPSA) is 85.2 Å². The lowest BCUT2D eigenvalue weighted by Crippen LogP contribution is -2.42. The highest BCUT2D eigenvalue weighted by atomic mass is 35.5. The molecule has 3 aromatic rings. The van der Waals surface area contributed by atoms with Gasteiger partial charge >= 0.3 is 0 Å². The Morgan fingerprint density at radius 2 is 1.70 bits per heavy atom. The molecule has 0 saturated carbocycles. The number of hydrogen-bond donors (Lipinski definition) is 2. The molecule has 7 nitrogen and oxygen atoms in total. The molecule has 2 N–H and O–H groups in total. The van der Waals surface area contributed by atoms with Crippen LogP contribution in [-0.2, 0) is 6.54 Å². The van der Waals surface area contributed by atoms with Gasteiger partial charge in [0.05, 0.1) is 24.4 Å². The molecule has 2 amide bonds. The molecule has 0 unspecified atom stereocenters. The summed E-state index contributed by atoms with van der Waals surface area (Å²) in [7, 11) is 0. The molecule has 0 aliphatic carbocycles. The van der Waals surface area contributed by atoms with Gasteiger partial charge < -0.3 is 4.74 Å². The SMILES string of the molecule is CCOc1ccc(C(=O)NNC(=O)c2c(C)nn(Cc3ccccc3Cl)c2C)cc1. The van der Waals surface area contributed by atoms with E-state index in [0.717, 1.165) is 5.56 Å². The van der Waals surface area contributed by atoms with Crippen molar-refractivity contribution in [3.8, 4) is 5.75 Å². The van der Waals surface area contributed by atoms with Gasteiger partial charge in [-0.15, -0.1) is 0 Å². The van der Waals surface area contributed by atoms with Crippen LogP contribution < -0.4 is 15.6 Å². The van der Waals surface area contributed by atoms with E-state index in [1.807, 2.05) is 31.2 Å². The fourth-order valence-corrected chi connectivity index (χ4v) is 3.28. The number of amides is 2.